The summed E-state index contributed by atoms with van der Waals surface area (Å²) in [5, 5.41) is 0. The Labute approximate surface area is 141 Å². The number of halogens is 1. The molecule has 0 aliphatic rings. The molecule has 23 heavy (non-hydrogen) atoms. The predicted octanol–water partition coefficient (Wildman–Crippen LogP) is 1.75. The molecule has 0 fully saturated rings. The van der Waals surface area contributed by atoms with Crippen LogP contribution in [-0.2, 0) is 6.42 Å². The summed E-state index contributed by atoms with van der Waals surface area (Å²) in [6, 6.07) is 11.4. The molecular weight excluding hydrogens is 314 g/mol. The first-order valence-electron chi connectivity index (χ1n) is 7.34. The lowest BCUT2D eigenvalue weighted by Crippen LogP contribution is -2.39. The molecule has 1 aromatic carbocycles. The van der Waals surface area contributed by atoms with Crippen LogP contribution in [0.3, 0.4) is 0 Å². The van der Waals surface area contributed by atoms with Crippen molar-refractivity contribution in [1.82, 2.24) is 9.88 Å². The van der Waals surface area contributed by atoms with E-state index >= 15 is 0 Å². The van der Waals surface area contributed by atoms with E-state index in [0.717, 1.165) is 17.7 Å². The molecule has 124 valence electrons. The van der Waals surface area contributed by atoms with Gasteiger partial charge in [0.05, 0.1) is 0 Å². The average Bonchev–Trinajstić information content (AvgIpc) is 2.52. The SMILES string of the molecule is Cc1cc(=O)c(C(=O)N(CCN)CCc2ccccc2)c[nH]1.Cl. The maximum Gasteiger partial charge on any atom is 0.259 e. The van der Waals surface area contributed by atoms with E-state index in [1.807, 2.05) is 30.3 Å². The highest BCUT2D eigenvalue weighted by molar-refractivity contribution is 5.93. The summed E-state index contributed by atoms with van der Waals surface area (Å²) in [6.07, 6.45) is 2.21. The molecule has 0 bridgehead atoms. The van der Waals surface area contributed by atoms with Crippen molar-refractivity contribution in [3.05, 3.63) is 69.6 Å². The molecule has 0 saturated heterocycles. The van der Waals surface area contributed by atoms with E-state index in [-0.39, 0.29) is 29.3 Å². The fourth-order valence-electron chi connectivity index (χ4n) is 2.29. The number of H-pyrrole nitrogens is 1. The van der Waals surface area contributed by atoms with Crippen LogP contribution in [0.4, 0.5) is 0 Å². The molecule has 3 N–H and O–H groups in total. The van der Waals surface area contributed by atoms with Crippen LogP contribution >= 0.6 is 12.4 Å². The number of nitrogens with one attached hydrogen (secondary N) is 1. The topological polar surface area (TPSA) is 79.2 Å². The van der Waals surface area contributed by atoms with Crippen LogP contribution in [0.2, 0.25) is 0 Å². The van der Waals surface area contributed by atoms with Crippen molar-refractivity contribution in [2.45, 2.75) is 13.3 Å². The van der Waals surface area contributed by atoms with Gasteiger partial charge in [-0.1, -0.05) is 30.3 Å². The number of hydrogen-bond acceptors (Lipinski definition) is 3. The minimum atomic E-state index is -0.275. The van der Waals surface area contributed by atoms with Gasteiger partial charge in [0.15, 0.2) is 5.43 Å². The Morgan fingerprint density at radius 1 is 1.22 bits per heavy atom. The Bertz CT molecular complexity index is 686. The van der Waals surface area contributed by atoms with E-state index in [4.69, 9.17) is 5.73 Å². The second-order valence-corrected chi connectivity index (χ2v) is 5.21. The van der Waals surface area contributed by atoms with Gasteiger partial charge >= 0.3 is 0 Å². The smallest absolute Gasteiger partial charge is 0.259 e. The minimum absolute atomic E-state index is 0. The molecule has 0 radical (unpaired) electrons. The highest BCUT2D eigenvalue weighted by Gasteiger charge is 2.18. The molecule has 2 aromatic rings. The largest absolute Gasteiger partial charge is 0.364 e. The highest BCUT2D eigenvalue weighted by atomic mass is 35.5. The van der Waals surface area contributed by atoms with E-state index in [0.29, 0.717) is 19.6 Å². The number of aromatic amines is 1. The summed E-state index contributed by atoms with van der Waals surface area (Å²) in [6.45, 7) is 3.11. The zero-order chi connectivity index (χ0) is 15.9. The molecule has 2 rings (SSSR count). The van der Waals surface area contributed by atoms with Crippen LogP contribution in [-0.4, -0.2) is 35.4 Å². The number of carbonyl (C=O) groups is 1. The number of nitrogens with zero attached hydrogens (tertiary/aromatic N) is 1. The molecule has 0 saturated carbocycles. The van der Waals surface area contributed by atoms with Crippen molar-refractivity contribution in [2.24, 2.45) is 5.73 Å². The van der Waals surface area contributed by atoms with Gasteiger partial charge in [-0.05, 0) is 18.9 Å². The van der Waals surface area contributed by atoms with Gasteiger partial charge in [0.25, 0.3) is 5.91 Å². The van der Waals surface area contributed by atoms with Crippen molar-refractivity contribution in [2.75, 3.05) is 19.6 Å². The quantitative estimate of drug-likeness (QED) is 0.844. The molecule has 1 amide bonds. The van der Waals surface area contributed by atoms with Crippen LogP contribution in [0.15, 0.2) is 47.4 Å². The number of benzene rings is 1. The monoisotopic (exact) mass is 335 g/mol. The van der Waals surface area contributed by atoms with Gasteiger partial charge in [-0.25, -0.2) is 0 Å². The Morgan fingerprint density at radius 3 is 2.52 bits per heavy atom. The Kier molecular flexibility index (Phi) is 7.51. The number of rotatable bonds is 6. The van der Waals surface area contributed by atoms with E-state index in [1.54, 1.807) is 11.8 Å². The molecule has 0 aliphatic heterocycles. The first kappa shape index (κ1) is 18.9. The van der Waals surface area contributed by atoms with Crippen molar-refractivity contribution < 1.29 is 4.79 Å². The molecule has 6 heteroatoms. The molecule has 0 aliphatic carbocycles. The van der Waals surface area contributed by atoms with Crippen LogP contribution in [0.1, 0.15) is 21.6 Å². The van der Waals surface area contributed by atoms with Crippen LogP contribution in [0.25, 0.3) is 0 Å². The Hall–Kier alpha value is -2.11. The van der Waals surface area contributed by atoms with E-state index < -0.39 is 0 Å². The van der Waals surface area contributed by atoms with Gasteiger partial charge in [-0.3, -0.25) is 9.59 Å². The van der Waals surface area contributed by atoms with Crippen molar-refractivity contribution in [1.29, 1.82) is 0 Å². The third kappa shape index (κ3) is 5.23. The van der Waals surface area contributed by atoms with E-state index in [2.05, 4.69) is 4.98 Å². The molecule has 0 spiro atoms. The first-order valence-corrected chi connectivity index (χ1v) is 7.34. The lowest BCUT2D eigenvalue weighted by molar-refractivity contribution is 0.0760. The number of nitrogens with two attached hydrogens (primary N) is 1. The average molecular weight is 336 g/mol. The van der Waals surface area contributed by atoms with Gasteiger partial charge in [-0.2, -0.15) is 0 Å². The molecule has 0 unspecified atom stereocenters. The standard InChI is InChI=1S/C17H21N3O2.ClH/c1-13-11-16(21)15(12-19-13)17(22)20(10-8-18)9-7-14-5-3-2-4-6-14;/h2-6,11-12H,7-10,18H2,1H3,(H,19,21);1H. The lowest BCUT2D eigenvalue weighted by Gasteiger charge is -2.22. The van der Waals surface area contributed by atoms with E-state index in [1.165, 1.54) is 12.3 Å². The van der Waals surface area contributed by atoms with Crippen LogP contribution in [0, 0.1) is 6.92 Å². The maximum atomic E-state index is 12.5. The third-order valence-electron chi connectivity index (χ3n) is 3.49. The van der Waals surface area contributed by atoms with Gasteiger partial charge in [0, 0.05) is 37.6 Å². The summed E-state index contributed by atoms with van der Waals surface area (Å²) >= 11 is 0. The van der Waals surface area contributed by atoms with Crippen molar-refractivity contribution >= 4 is 18.3 Å². The summed E-state index contributed by atoms with van der Waals surface area (Å²) in [5.41, 5.74) is 7.38. The molecule has 1 aromatic heterocycles. The second kappa shape index (κ2) is 9.12. The number of hydrogen-bond donors (Lipinski definition) is 2. The van der Waals surface area contributed by atoms with Crippen molar-refractivity contribution in [3.63, 3.8) is 0 Å². The summed E-state index contributed by atoms with van der Waals surface area (Å²) < 4.78 is 0. The summed E-state index contributed by atoms with van der Waals surface area (Å²) in [5.74, 6) is -0.275. The van der Waals surface area contributed by atoms with Crippen molar-refractivity contribution in [3.8, 4) is 0 Å². The third-order valence-corrected chi connectivity index (χ3v) is 3.49. The minimum Gasteiger partial charge on any atom is -0.364 e. The second-order valence-electron chi connectivity index (χ2n) is 5.21. The van der Waals surface area contributed by atoms with Crippen LogP contribution in [0.5, 0.6) is 0 Å². The molecular formula is C17H22ClN3O2. The maximum absolute atomic E-state index is 12.5. The first-order chi connectivity index (χ1) is 10.6. The molecule has 5 nitrogen and oxygen atoms in total. The van der Waals surface area contributed by atoms with Gasteiger partial charge in [-0.15, -0.1) is 12.4 Å². The van der Waals surface area contributed by atoms with Gasteiger partial charge in [0.2, 0.25) is 0 Å². The predicted molar refractivity (Wildman–Crippen MR) is 94.2 cm³/mol. The Morgan fingerprint density at radius 2 is 1.91 bits per heavy atom. The molecule has 0 atom stereocenters. The number of aromatic nitrogens is 1. The summed E-state index contributed by atoms with van der Waals surface area (Å²) in [4.78, 5) is 29.0. The lowest BCUT2D eigenvalue weighted by atomic mass is 10.1. The fourth-order valence-corrected chi connectivity index (χ4v) is 2.29. The Balaban J connectivity index is 0.00000264. The highest BCUT2D eigenvalue weighted by Crippen LogP contribution is 2.05. The number of pyridine rings is 1. The molecule has 1 heterocycles. The van der Waals surface area contributed by atoms with Gasteiger partial charge in [0.1, 0.15) is 5.56 Å². The summed E-state index contributed by atoms with van der Waals surface area (Å²) in [7, 11) is 0. The number of amides is 1. The number of carbonyl (C=O) groups excluding carboxylic acids is 1. The normalized spacial score (nSPS) is 10.0. The zero-order valence-corrected chi connectivity index (χ0v) is 13.9. The fraction of sp³-hybridized carbons (Fsp3) is 0.294. The number of aryl methyl sites for hydroxylation is 1. The van der Waals surface area contributed by atoms with Crippen LogP contribution < -0.4 is 11.2 Å². The van der Waals surface area contributed by atoms with Gasteiger partial charge < -0.3 is 15.6 Å². The van der Waals surface area contributed by atoms with E-state index in [9.17, 15) is 9.59 Å². The zero-order valence-electron chi connectivity index (χ0n) is 13.1.